The van der Waals surface area contributed by atoms with Crippen molar-refractivity contribution in [3.63, 3.8) is 0 Å². The predicted octanol–water partition coefficient (Wildman–Crippen LogP) is -0.0154. The maximum atomic E-state index is 11.0. The molecule has 15 heavy (non-hydrogen) atoms. The molecule has 0 aliphatic heterocycles. The Labute approximate surface area is 88.5 Å². The zero-order chi connectivity index (χ0) is 11.3. The van der Waals surface area contributed by atoms with Crippen LogP contribution in [0.15, 0.2) is 6.07 Å². The van der Waals surface area contributed by atoms with Gasteiger partial charge < -0.3 is 16.0 Å². The normalized spacial score (nSPS) is 9.53. The van der Waals surface area contributed by atoms with Crippen LogP contribution >= 0.6 is 0 Å². The number of hydrogen-bond acceptors (Lipinski definition) is 5. The molecule has 6 heteroatoms. The number of nitrogens with zero attached hydrogens (tertiary/aromatic N) is 2. The zero-order valence-electron chi connectivity index (χ0n) is 9.09. The molecule has 0 aliphatic carbocycles. The Morgan fingerprint density at radius 1 is 1.33 bits per heavy atom. The lowest BCUT2D eigenvalue weighted by atomic mass is 10.4. The van der Waals surface area contributed by atoms with E-state index in [9.17, 15) is 4.79 Å². The van der Waals surface area contributed by atoms with Gasteiger partial charge in [0.15, 0.2) is 0 Å². The van der Waals surface area contributed by atoms with Gasteiger partial charge in [-0.25, -0.2) is 9.97 Å². The van der Waals surface area contributed by atoms with Gasteiger partial charge in [0.2, 0.25) is 5.91 Å². The van der Waals surface area contributed by atoms with E-state index >= 15 is 0 Å². The van der Waals surface area contributed by atoms with Crippen LogP contribution < -0.4 is 16.0 Å². The Bertz CT molecular complexity index is 352. The molecule has 3 N–H and O–H groups in total. The average molecular weight is 209 g/mol. The second kappa shape index (κ2) is 5.14. The van der Waals surface area contributed by atoms with Gasteiger partial charge in [-0.1, -0.05) is 0 Å². The van der Waals surface area contributed by atoms with Gasteiger partial charge in [0.1, 0.15) is 17.5 Å². The summed E-state index contributed by atoms with van der Waals surface area (Å²) in [6.45, 7) is 2.00. The van der Waals surface area contributed by atoms with Crippen molar-refractivity contribution in [1.82, 2.24) is 15.3 Å². The number of aromatic nitrogens is 2. The van der Waals surface area contributed by atoms with Gasteiger partial charge in [0.05, 0.1) is 6.54 Å². The third kappa shape index (κ3) is 3.41. The number of nitrogens with one attached hydrogen (secondary N) is 3. The predicted molar refractivity (Wildman–Crippen MR) is 58.9 cm³/mol. The fraction of sp³-hybridized carbons (Fsp3) is 0.444. The molecule has 1 aromatic rings. The molecular formula is C9H15N5O. The molecule has 0 radical (unpaired) electrons. The Kier molecular flexibility index (Phi) is 3.84. The Morgan fingerprint density at radius 2 is 2.00 bits per heavy atom. The Hall–Kier alpha value is -1.85. The summed E-state index contributed by atoms with van der Waals surface area (Å²) in [7, 11) is 3.37. The maximum absolute atomic E-state index is 11.0. The first-order chi connectivity index (χ1) is 7.15. The van der Waals surface area contributed by atoms with E-state index in [0.29, 0.717) is 11.6 Å². The molecule has 0 aliphatic rings. The molecular weight excluding hydrogens is 194 g/mol. The Morgan fingerprint density at radius 3 is 2.60 bits per heavy atom. The molecule has 1 heterocycles. The quantitative estimate of drug-likeness (QED) is 0.649. The monoisotopic (exact) mass is 209 g/mol. The fourth-order valence-electron chi connectivity index (χ4n) is 1.05. The van der Waals surface area contributed by atoms with Gasteiger partial charge in [0, 0.05) is 20.2 Å². The van der Waals surface area contributed by atoms with Crippen molar-refractivity contribution in [2.75, 3.05) is 31.3 Å². The topological polar surface area (TPSA) is 78.9 Å². The smallest absolute Gasteiger partial charge is 0.239 e. The van der Waals surface area contributed by atoms with Gasteiger partial charge >= 0.3 is 0 Å². The third-order valence-electron chi connectivity index (χ3n) is 1.80. The van der Waals surface area contributed by atoms with E-state index in [-0.39, 0.29) is 12.5 Å². The van der Waals surface area contributed by atoms with Gasteiger partial charge in [0.25, 0.3) is 0 Å². The second-order valence-electron chi connectivity index (χ2n) is 2.96. The zero-order valence-corrected chi connectivity index (χ0v) is 9.09. The van der Waals surface area contributed by atoms with Crippen LogP contribution in [0.1, 0.15) is 5.82 Å². The van der Waals surface area contributed by atoms with Crippen LogP contribution in [-0.4, -0.2) is 36.5 Å². The minimum Gasteiger partial charge on any atom is -0.373 e. The number of likely N-dealkylation sites (N-methyl/N-ethyl adjacent to an activating group) is 1. The van der Waals surface area contributed by atoms with E-state index in [4.69, 9.17) is 0 Å². The molecule has 0 unspecified atom stereocenters. The van der Waals surface area contributed by atoms with E-state index in [1.807, 2.05) is 0 Å². The summed E-state index contributed by atoms with van der Waals surface area (Å²) in [4.78, 5) is 19.3. The number of anilines is 2. The van der Waals surface area contributed by atoms with Crippen LogP contribution in [0.25, 0.3) is 0 Å². The molecule has 1 amide bonds. The minimum atomic E-state index is -0.0859. The summed E-state index contributed by atoms with van der Waals surface area (Å²) in [5, 5.41) is 8.34. The van der Waals surface area contributed by atoms with Crippen molar-refractivity contribution in [3.05, 3.63) is 11.9 Å². The van der Waals surface area contributed by atoms with Crippen LogP contribution in [-0.2, 0) is 4.79 Å². The van der Waals surface area contributed by atoms with Crippen molar-refractivity contribution < 1.29 is 4.79 Å². The summed E-state index contributed by atoms with van der Waals surface area (Å²) in [6, 6.07) is 1.75. The molecule has 6 nitrogen and oxygen atoms in total. The first-order valence-corrected chi connectivity index (χ1v) is 4.63. The summed E-state index contributed by atoms with van der Waals surface area (Å²) in [5.74, 6) is 1.93. The van der Waals surface area contributed by atoms with E-state index in [0.717, 1.165) is 5.82 Å². The highest BCUT2D eigenvalue weighted by Gasteiger charge is 2.02. The highest BCUT2D eigenvalue weighted by Crippen LogP contribution is 2.09. The van der Waals surface area contributed by atoms with E-state index in [1.165, 1.54) is 0 Å². The SMILES string of the molecule is CNC(=O)CNc1cc(NC)nc(C)n1. The molecule has 1 aromatic heterocycles. The lowest BCUT2D eigenvalue weighted by Gasteiger charge is -2.07. The second-order valence-corrected chi connectivity index (χ2v) is 2.96. The number of aryl methyl sites for hydroxylation is 1. The van der Waals surface area contributed by atoms with Crippen LogP contribution in [0.5, 0.6) is 0 Å². The van der Waals surface area contributed by atoms with Crippen LogP contribution in [0.3, 0.4) is 0 Å². The van der Waals surface area contributed by atoms with Crippen molar-refractivity contribution in [2.45, 2.75) is 6.92 Å². The molecule has 0 saturated carbocycles. The van der Waals surface area contributed by atoms with Crippen LogP contribution in [0.4, 0.5) is 11.6 Å². The number of carbonyl (C=O) groups is 1. The molecule has 0 bridgehead atoms. The van der Waals surface area contributed by atoms with Crippen molar-refractivity contribution in [3.8, 4) is 0 Å². The highest BCUT2D eigenvalue weighted by atomic mass is 16.1. The van der Waals surface area contributed by atoms with Crippen molar-refractivity contribution >= 4 is 17.5 Å². The van der Waals surface area contributed by atoms with Gasteiger partial charge in [-0.05, 0) is 6.92 Å². The van der Waals surface area contributed by atoms with Gasteiger partial charge in [-0.15, -0.1) is 0 Å². The van der Waals surface area contributed by atoms with Crippen molar-refractivity contribution in [2.24, 2.45) is 0 Å². The molecule has 0 saturated heterocycles. The van der Waals surface area contributed by atoms with Gasteiger partial charge in [-0.2, -0.15) is 0 Å². The molecule has 82 valence electrons. The lowest BCUT2D eigenvalue weighted by molar-refractivity contribution is -0.118. The largest absolute Gasteiger partial charge is 0.373 e. The first-order valence-electron chi connectivity index (χ1n) is 4.63. The number of carbonyl (C=O) groups excluding carboxylic acids is 1. The standard InChI is InChI=1S/C9H15N5O/c1-6-13-7(10-2)4-8(14-6)12-5-9(15)11-3/h4H,5H2,1-3H3,(H,11,15)(H2,10,12,13,14). The summed E-state index contributed by atoms with van der Waals surface area (Å²) in [6.07, 6.45) is 0. The minimum absolute atomic E-state index is 0.0859. The number of rotatable bonds is 4. The molecule has 0 spiro atoms. The van der Waals surface area contributed by atoms with Crippen LogP contribution in [0.2, 0.25) is 0 Å². The number of hydrogen-bond donors (Lipinski definition) is 3. The Balaban J connectivity index is 2.68. The lowest BCUT2D eigenvalue weighted by Crippen LogP contribution is -2.26. The summed E-state index contributed by atoms with van der Waals surface area (Å²) < 4.78 is 0. The fourth-order valence-corrected chi connectivity index (χ4v) is 1.05. The molecule has 0 aromatic carbocycles. The van der Waals surface area contributed by atoms with E-state index < -0.39 is 0 Å². The van der Waals surface area contributed by atoms with Crippen molar-refractivity contribution in [1.29, 1.82) is 0 Å². The van der Waals surface area contributed by atoms with Gasteiger partial charge in [-0.3, -0.25) is 4.79 Å². The average Bonchev–Trinajstić information content (AvgIpc) is 2.25. The maximum Gasteiger partial charge on any atom is 0.239 e. The first kappa shape index (κ1) is 11.2. The summed E-state index contributed by atoms with van der Waals surface area (Å²) >= 11 is 0. The van der Waals surface area contributed by atoms with E-state index in [2.05, 4.69) is 25.9 Å². The van der Waals surface area contributed by atoms with Crippen LogP contribution in [0, 0.1) is 6.92 Å². The molecule has 0 fully saturated rings. The van der Waals surface area contributed by atoms with E-state index in [1.54, 1.807) is 27.1 Å². The molecule has 0 atom stereocenters. The summed E-state index contributed by atoms with van der Waals surface area (Å²) in [5.41, 5.74) is 0. The highest BCUT2D eigenvalue weighted by molar-refractivity contribution is 5.80. The third-order valence-corrected chi connectivity index (χ3v) is 1.80. The molecule has 1 rings (SSSR count). The number of amides is 1.